The van der Waals surface area contributed by atoms with Gasteiger partial charge in [0, 0.05) is 42.2 Å². The zero-order valence-electron chi connectivity index (χ0n) is 16.4. The Labute approximate surface area is 165 Å². The standard InChI is InChI=1S/C22H25N5O/c1-23-22-14-24-13-20(26-22)16-3-4-17-12-25-19(10-18(17)9-16)11-21(28)15-5-7-27(2)8-6-15/h3-4,9-10,12-15H,5-8,11H2,1-2H3,(H,23,26). The number of nitrogens with one attached hydrogen (secondary N) is 1. The second-order valence-corrected chi connectivity index (χ2v) is 7.50. The summed E-state index contributed by atoms with van der Waals surface area (Å²) < 4.78 is 0. The number of hydrogen-bond donors (Lipinski definition) is 1. The number of Topliss-reactive ketones (excluding diaryl/α,β-unsaturated/α-hetero) is 1. The molecule has 6 nitrogen and oxygen atoms in total. The molecule has 28 heavy (non-hydrogen) atoms. The van der Waals surface area contributed by atoms with Crippen LogP contribution >= 0.6 is 0 Å². The van der Waals surface area contributed by atoms with Gasteiger partial charge in [0.25, 0.3) is 0 Å². The molecule has 0 aliphatic carbocycles. The number of fused-ring (bicyclic) bond motifs is 1. The molecule has 0 saturated carbocycles. The number of anilines is 1. The monoisotopic (exact) mass is 375 g/mol. The first-order valence-electron chi connectivity index (χ1n) is 9.72. The molecular formula is C22H25N5O. The average molecular weight is 375 g/mol. The Morgan fingerprint density at radius 2 is 1.96 bits per heavy atom. The van der Waals surface area contributed by atoms with E-state index in [-0.39, 0.29) is 5.92 Å². The highest BCUT2D eigenvalue weighted by Crippen LogP contribution is 2.25. The Hall–Kier alpha value is -2.86. The van der Waals surface area contributed by atoms with Crippen LogP contribution in [0.1, 0.15) is 18.5 Å². The van der Waals surface area contributed by atoms with Crippen LogP contribution in [0.25, 0.3) is 22.0 Å². The Balaban J connectivity index is 1.56. The van der Waals surface area contributed by atoms with Crippen molar-refractivity contribution in [3.8, 4) is 11.3 Å². The maximum absolute atomic E-state index is 12.7. The Kier molecular flexibility index (Phi) is 5.30. The van der Waals surface area contributed by atoms with E-state index in [2.05, 4.69) is 38.3 Å². The van der Waals surface area contributed by atoms with Crippen molar-refractivity contribution in [2.75, 3.05) is 32.5 Å². The number of likely N-dealkylation sites (tertiary alicyclic amines) is 1. The predicted molar refractivity (Wildman–Crippen MR) is 111 cm³/mol. The van der Waals surface area contributed by atoms with E-state index in [0.29, 0.717) is 12.2 Å². The molecule has 1 fully saturated rings. The molecule has 1 aromatic carbocycles. The molecule has 1 saturated heterocycles. The second kappa shape index (κ2) is 8.02. The van der Waals surface area contributed by atoms with Crippen LogP contribution in [0.15, 0.2) is 42.9 Å². The molecule has 3 aromatic rings. The number of carbonyl (C=O) groups excluding carboxylic acids is 1. The fourth-order valence-electron chi connectivity index (χ4n) is 3.72. The largest absolute Gasteiger partial charge is 0.372 e. The van der Waals surface area contributed by atoms with E-state index < -0.39 is 0 Å². The van der Waals surface area contributed by atoms with Gasteiger partial charge < -0.3 is 10.2 Å². The molecule has 2 aromatic heterocycles. The van der Waals surface area contributed by atoms with Crippen molar-refractivity contribution in [1.29, 1.82) is 0 Å². The van der Waals surface area contributed by atoms with E-state index in [1.165, 1.54) is 0 Å². The lowest BCUT2D eigenvalue weighted by atomic mass is 9.90. The molecule has 0 bridgehead atoms. The number of benzene rings is 1. The summed E-state index contributed by atoms with van der Waals surface area (Å²) in [6, 6.07) is 8.18. The summed E-state index contributed by atoms with van der Waals surface area (Å²) in [6.07, 6.45) is 7.62. The minimum Gasteiger partial charge on any atom is -0.372 e. The molecule has 1 aliphatic heterocycles. The van der Waals surface area contributed by atoms with Gasteiger partial charge in [0.1, 0.15) is 11.6 Å². The summed E-state index contributed by atoms with van der Waals surface area (Å²) in [5.41, 5.74) is 2.65. The molecule has 3 heterocycles. The van der Waals surface area contributed by atoms with Crippen molar-refractivity contribution in [3.63, 3.8) is 0 Å². The molecule has 1 N–H and O–H groups in total. The minimum absolute atomic E-state index is 0.166. The van der Waals surface area contributed by atoms with Gasteiger partial charge in [0.05, 0.1) is 18.1 Å². The Morgan fingerprint density at radius 3 is 2.75 bits per heavy atom. The molecule has 0 radical (unpaired) electrons. The molecular weight excluding hydrogens is 350 g/mol. The molecule has 0 spiro atoms. The Bertz CT molecular complexity index is 995. The maximum Gasteiger partial charge on any atom is 0.144 e. The van der Waals surface area contributed by atoms with Gasteiger partial charge >= 0.3 is 0 Å². The van der Waals surface area contributed by atoms with Crippen molar-refractivity contribution in [2.24, 2.45) is 5.92 Å². The Morgan fingerprint density at radius 1 is 1.14 bits per heavy atom. The fraction of sp³-hybridized carbons (Fsp3) is 0.364. The topological polar surface area (TPSA) is 71.0 Å². The number of piperidine rings is 1. The first-order chi connectivity index (χ1) is 13.6. The molecule has 6 heteroatoms. The van der Waals surface area contributed by atoms with Gasteiger partial charge in [-0.15, -0.1) is 0 Å². The van der Waals surface area contributed by atoms with Gasteiger partial charge in [-0.1, -0.05) is 12.1 Å². The molecule has 1 aliphatic rings. The lowest BCUT2D eigenvalue weighted by Gasteiger charge is -2.27. The van der Waals surface area contributed by atoms with Gasteiger partial charge in [0.15, 0.2) is 0 Å². The quantitative estimate of drug-likeness (QED) is 0.738. The van der Waals surface area contributed by atoms with Crippen LogP contribution in [0.4, 0.5) is 5.82 Å². The third-order valence-electron chi connectivity index (χ3n) is 5.49. The summed E-state index contributed by atoms with van der Waals surface area (Å²) in [4.78, 5) is 28.3. The van der Waals surface area contributed by atoms with Crippen LogP contribution in [-0.4, -0.2) is 52.8 Å². The molecule has 144 valence electrons. The van der Waals surface area contributed by atoms with Crippen molar-refractivity contribution >= 4 is 22.4 Å². The SMILES string of the molecule is CNc1cncc(-c2ccc3cnc(CC(=O)C4CCN(C)CC4)cc3c2)n1. The van der Waals surface area contributed by atoms with Crippen LogP contribution in [0.2, 0.25) is 0 Å². The highest BCUT2D eigenvalue weighted by molar-refractivity contribution is 5.88. The average Bonchev–Trinajstić information content (AvgIpc) is 2.73. The highest BCUT2D eigenvalue weighted by Gasteiger charge is 2.23. The van der Waals surface area contributed by atoms with Crippen molar-refractivity contribution in [3.05, 3.63) is 48.5 Å². The fourth-order valence-corrected chi connectivity index (χ4v) is 3.72. The summed E-state index contributed by atoms with van der Waals surface area (Å²) >= 11 is 0. The normalized spacial score (nSPS) is 15.6. The zero-order chi connectivity index (χ0) is 19.5. The number of ketones is 1. The number of nitrogens with zero attached hydrogens (tertiary/aromatic N) is 4. The minimum atomic E-state index is 0.166. The summed E-state index contributed by atoms with van der Waals surface area (Å²) in [7, 11) is 3.94. The van der Waals surface area contributed by atoms with E-state index in [0.717, 1.165) is 59.5 Å². The third kappa shape index (κ3) is 4.02. The first kappa shape index (κ1) is 18.5. The highest BCUT2D eigenvalue weighted by atomic mass is 16.1. The number of rotatable bonds is 5. The molecule has 0 amide bonds. The number of hydrogen-bond acceptors (Lipinski definition) is 6. The first-order valence-corrected chi connectivity index (χ1v) is 9.72. The van der Waals surface area contributed by atoms with Crippen molar-refractivity contribution in [1.82, 2.24) is 19.9 Å². The van der Waals surface area contributed by atoms with Gasteiger partial charge in [-0.25, -0.2) is 4.98 Å². The summed E-state index contributed by atoms with van der Waals surface area (Å²) in [6.45, 7) is 2.00. The number of carbonyl (C=O) groups is 1. The smallest absolute Gasteiger partial charge is 0.144 e. The van der Waals surface area contributed by atoms with Gasteiger partial charge in [-0.2, -0.15) is 0 Å². The van der Waals surface area contributed by atoms with E-state index >= 15 is 0 Å². The molecule has 0 unspecified atom stereocenters. The van der Waals surface area contributed by atoms with Gasteiger partial charge in [-0.3, -0.25) is 14.8 Å². The van der Waals surface area contributed by atoms with E-state index in [1.54, 1.807) is 12.4 Å². The predicted octanol–water partition coefficient (Wildman–Crippen LogP) is 3.19. The number of pyridine rings is 1. The summed E-state index contributed by atoms with van der Waals surface area (Å²) in [5, 5.41) is 5.13. The number of aromatic nitrogens is 3. The van der Waals surface area contributed by atoms with Crippen LogP contribution in [0.3, 0.4) is 0 Å². The third-order valence-corrected chi connectivity index (χ3v) is 5.49. The van der Waals surface area contributed by atoms with Crippen LogP contribution in [0.5, 0.6) is 0 Å². The van der Waals surface area contributed by atoms with Crippen LogP contribution in [0, 0.1) is 5.92 Å². The lowest BCUT2D eigenvalue weighted by molar-refractivity contribution is -0.123. The van der Waals surface area contributed by atoms with E-state index in [4.69, 9.17) is 0 Å². The van der Waals surface area contributed by atoms with Crippen molar-refractivity contribution < 1.29 is 4.79 Å². The van der Waals surface area contributed by atoms with Crippen LogP contribution in [-0.2, 0) is 11.2 Å². The van der Waals surface area contributed by atoms with Crippen molar-refractivity contribution in [2.45, 2.75) is 19.3 Å². The maximum atomic E-state index is 12.7. The summed E-state index contributed by atoms with van der Waals surface area (Å²) in [5.74, 6) is 1.21. The second-order valence-electron chi connectivity index (χ2n) is 7.50. The molecule has 4 rings (SSSR count). The molecule has 0 atom stereocenters. The van der Waals surface area contributed by atoms with Crippen LogP contribution < -0.4 is 5.32 Å². The lowest BCUT2D eigenvalue weighted by Crippen LogP contribution is -2.34. The van der Waals surface area contributed by atoms with Gasteiger partial charge in [0.2, 0.25) is 0 Å². The van der Waals surface area contributed by atoms with E-state index in [9.17, 15) is 4.79 Å². The zero-order valence-corrected chi connectivity index (χ0v) is 16.4. The van der Waals surface area contributed by atoms with Gasteiger partial charge in [-0.05, 0) is 50.5 Å². The van der Waals surface area contributed by atoms with E-state index in [1.807, 2.05) is 31.4 Å².